The van der Waals surface area contributed by atoms with Gasteiger partial charge in [-0.3, -0.25) is 9.48 Å². The van der Waals surface area contributed by atoms with Gasteiger partial charge in [-0.2, -0.15) is 18.3 Å². The van der Waals surface area contributed by atoms with Crippen LogP contribution in [0, 0.1) is 6.92 Å². The Morgan fingerprint density at radius 2 is 1.84 bits per heavy atom. The molecule has 5 nitrogen and oxygen atoms in total. The molecule has 0 aliphatic carbocycles. The number of amides is 1. The lowest BCUT2D eigenvalue weighted by molar-refractivity contribution is -0.141. The first-order chi connectivity index (χ1) is 8.65. The predicted molar refractivity (Wildman–Crippen MR) is 62.8 cm³/mol. The molecule has 0 spiro atoms. The van der Waals surface area contributed by atoms with Gasteiger partial charge in [0.05, 0.1) is 17.3 Å². The summed E-state index contributed by atoms with van der Waals surface area (Å²) in [6.07, 6.45) is -3.38. The van der Waals surface area contributed by atoms with Gasteiger partial charge in [-0.1, -0.05) is 11.6 Å². The number of hydrogen-bond acceptors (Lipinski definition) is 3. The fourth-order valence-corrected chi connectivity index (χ4v) is 1.20. The molecule has 0 atom stereocenters. The molecule has 0 fully saturated rings. The summed E-state index contributed by atoms with van der Waals surface area (Å²) in [5, 5.41) is 2.74. The molecule has 0 aliphatic heterocycles. The Morgan fingerprint density at radius 3 is 2.11 bits per heavy atom. The molecule has 0 bridgehead atoms. The smallest absolute Gasteiger partial charge is 0.351 e. The van der Waals surface area contributed by atoms with Crippen molar-refractivity contribution in [2.45, 2.75) is 19.6 Å². The summed E-state index contributed by atoms with van der Waals surface area (Å²) in [7, 11) is 3.38. The number of aromatic nitrogens is 2. The highest BCUT2D eigenvalue weighted by atomic mass is 35.5. The molecule has 1 rings (SSSR count). The lowest BCUT2D eigenvalue weighted by atomic mass is 10.3. The van der Waals surface area contributed by atoms with E-state index in [0.717, 1.165) is 11.1 Å². The van der Waals surface area contributed by atoms with E-state index in [4.69, 9.17) is 11.6 Å². The van der Waals surface area contributed by atoms with Crippen LogP contribution in [-0.2, 0) is 22.3 Å². The van der Waals surface area contributed by atoms with Crippen LogP contribution in [0.3, 0.4) is 0 Å². The second-order valence-corrected chi connectivity index (χ2v) is 4.04. The van der Waals surface area contributed by atoms with Crippen LogP contribution >= 0.6 is 11.6 Å². The number of carbonyl (C=O) groups is 2. The highest BCUT2D eigenvalue weighted by Crippen LogP contribution is 2.35. The van der Waals surface area contributed by atoms with E-state index in [0.29, 0.717) is 6.29 Å². The number of hydrogen-bond donors (Lipinski definition) is 0. The van der Waals surface area contributed by atoms with E-state index in [9.17, 15) is 22.8 Å². The van der Waals surface area contributed by atoms with Crippen molar-refractivity contribution < 1.29 is 22.8 Å². The Labute approximate surface area is 112 Å². The molecule has 0 saturated heterocycles. The summed E-state index contributed by atoms with van der Waals surface area (Å²) >= 11 is 5.42. The van der Waals surface area contributed by atoms with Crippen LogP contribution in [0.1, 0.15) is 11.4 Å². The second kappa shape index (κ2) is 7.13. The Hall–Kier alpha value is -1.57. The van der Waals surface area contributed by atoms with Gasteiger partial charge in [-0.05, 0) is 6.92 Å². The van der Waals surface area contributed by atoms with Crippen LogP contribution in [0.15, 0.2) is 0 Å². The summed E-state index contributed by atoms with van der Waals surface area (Å²) in [5.41, 5.74) is -1.02. The van der Waals surface area contributed by atoms with E-state index >= 15 is 0 Å². The van der Waals surface area contributed by atoms with E-state index in [1.807, 2.05) is 0 Å². The zero-order chi connectivity index (χ0) is 15.2. The average Bonchev–Trinajstić information content (AvgIpc) is 2.58. The minimum Gasteiger partial charge on any atom is -0.351 e. The predicted octanol–water partition coefficient (Wildman–Crippen LogP) is 1.77. The van der Waals surface area contributed by atoms with Crippen LogP contribution < -0.4 is 0 Å². The molecular weight excluding hydrogens is 287 g/mol. The minimum atomic E-state index is -4.59. The fourth-order valence-electron chi connectivity index (χ4n) is 0.954. The Morgan fingerprint density at radius 1 is 1.37 bits per heavy atom. The average molecular weight is 300 g/mol. The molecule has 1 heterocycles. The van der Waals surface area contributed by atoms with Gasteiger partial charge in [0, 0.05) is 14.1 Å². The van der Waals surface area contributed by atoms with Crippen molar-refractivity contribution >= 4 is 24.3 Å². The zero-order valence-electron chi connectivity index (χ0n) is 10.5. The number of nitrogens with zero attached hydrogens (tertiary/aromatic N) is 3. The maximum absolute atomic E-state index is 12.2. The number of rotatable bonds is 3. The fraction of sp³-hybridized carbons (Fsp3) is 0.500. The first kappa shape index (κ1) is 17.4. The Bertz CT molecular complexity index is 444. The third-order valence-corrected chi connectivity index (χ3v) is 2.31. The zero-order valence-corrected chi connectivity index (χ0v) is 11.3. The van der Waals surface area contributed by atoms with E-state index in [1.165, 1.54) is 11.8 Å². The Kier molecular flexibility index (Phi) is 6.54. The van der Waals surface area contributed by atoms with Crippen LogP contribution in [0.5, 0.6) is 0 Å². The molecule has 108 valence electrons. The lowest BCUT2D eigenvalue weighted by Crippen LogP contribution is -2.09. The first-order valence-electron chi connectivity index (χ1n) is 5.00. The summed E-state index contributed by atoms with van der Waals surface area (Å²) in [6.45, 7) is 1.13. The van der Waals surface area contributed by atoms with E-state index in [2.05, 4.69) is 5.10 Å². The number of carbonyl (C=O) groups excluding carboxylic acids is 2. The summed E-state index contributed by atoms with van der Waals surface area (Å²) in [5.74, 6) is 0. The van der Waals surface area contributed by atoms with Crippen LogP contribution in [0.25, 0.3) is 0 Å². The topological polar surface area (TPSA) is 55.2 Å². The van der Waals surface area contributed by atoms with Crippen molar-refractivity contribution in [1.82, 2.24) is 14.7 Å². The van der Waals surface area contributed by atoms with Gasteiger partial charge in [0.15, 0.2) is 5.69 Å². The van der Waals surface area contributed by atoms with Gasteiger partial charge in [0.2, 0.25) is 6.41 Å². The quantitative estimate of drug-likeness (QED) is 0.799. The van der Waals surface area contributed by atoms with Gasteiger partial charge in [-0.15, -0.1) is 0 Å². The van der Waals surface area contributed by atoms with E-state index in [1.54, 1.807) is 14.1 Å². The molecular formula is C10H13ClF3N3O2. The normalized spacial score (nSPS) is 10.5. The lowest BCUT2D eigenvalue weighted by Gasteiger charge is -2.00. The molecule has 9 heteroatoms. The number of halogens is 4. The van der Waals surface area contributed by atoms with Gasteiger partial charge < -0.3 is 9.69 Å². The highest BCUT2D eigenvalue weighted by Gasteiger charge is 2.38. The molecule has 0 N–H and O–H groups in total. The standard InChI is InChI=1S/C7H6ClF3N2O.C3H7NO/c1-4-5(8)6(7(9,10)11)12-13(4)2-3-14;1-4(2)3-5/h3H,2H2,1H3;3H,1-2H3. The van der Waals surface area contributed by atoms with Gasteiger partial charge in [0.25, 0.3) is 0 Å². The minimum absolute atomic E-state index is 0.131. The second-order valence-electron chi connectivity index (χ2n) is 3.66. The molecule has 0 aliphatic rings. The van der Waals surface area contributed by atoms with Crippen molar-refractivity contribution in [3.05, 3.63) is 16.4 Å². The molecule has 0 saturated carbocycles. The molecule has 0 unspecified atom stereocenters. The van der Waals surface area contributed by atoms with Gasteiger partial charge >= 0.3 is 6.18 Å². The van der Waals surface area contributed by atoms with E-state index < -0.39 is 16.9 Å². The maximum Gasteiger partial charge on any atom is 0.436 e. The SMILES string of the molecule is CN(C)C=O.Cc1c(Cl)c(C(F)(F)F)nn1CC=O. The third-order valence-electron chi connectivity index (χ3n) is 1.86. The maximum atomic E-state index is 12.2. The van der Waals surface area contributed by atoms with Crippen LogP contribution in [0.4, 0.5) is 13.2 Å². The number of alkyl halides is 3. The van der Waals surface area contributed by atoms with Crippen molar-refractivity contribution in [1.29, 1.82) is 0 Å². The highest BCUT2D eigenvalue weighted by molar-refractivity contribution is 6.31. The number of aldehydes is 1. The van der Waals surface area contributed by atoms with E-state index in [-0.39, 0.29) is 12.2 Å². The largest absolute Gasteiger partial charge is 0.436 e. The van der Waals surface area contributed by atoms with Crippen molar-refractivity contribution in [2.24, 2.45) is 0 Å². The molecule has 1 aromatic rings. The van der Waals surface area contributed by atoms with Crippen molar-refractivity contribution in [3.63, 3.8) is 0 Å². The third kappa shape index (κ3) is 5.29. The van der Waals surface area contributed by atoms with Gasteiger partial charge in [0.1, 0.15) is 6.29 Å². The summed E-state index contributed by atoms with van der Waals surface area (Å²) in [4.78, 5) is 21.0. The summed E-state index contributed by atoms with van der Waals surface area (Å²) < 4.78 is 37.6. The first-order valence-corrected chi connectivity index (χ1v) is 5.38. The van der Waals surface area contributed by atoms with Gasteiger partial charge in [-0.25, -0.2) is 0 Å². The Balaban J connectivity index is 0.000000555. The molecule has 0 radical (unpaired) electrons. The monoisotopic (exact) mass is 299 g/mol. The molecule has 0 aromatic carbocycles. The molecule has 1 amide bonds. The van der Waals surface area contributed by atoms with Crippen molar-refractivity contribution in [2.75, 3.05) is 14.1 Å². The molecule has 19 heavy (non-hydrogen) atoms. The van der Waals surface area contributed by atoms with Crippen LogP contribution in [0.2, 0.25) is 5.02 Å². The van der Waals surface area contributed by atoms with Crippen molar-refractivity contribution in [3.8, 4) is 0 Å². The van der Waals surface area contributed by atoms with Crippen LogP contribution in [-0.4, -0.2) is 41.5 Å². The molecule has 1 aromatic heterocycles. The summed E-state index contributed by atoms with van der Waals surface area (Å²) in [6, 6.07) is 0.